The molecule has 0 spiro atoms. The predicted octanol–water partition coefficient (Wildman–Crippen LogP) is 11.5. The molecule has 0 aromatic carbocycles. The number of carbonyl (C=O) groups excluding carboxylic acids is 2. The van der Waals surface area contributed by atoms with Gasteiger partial charge < -0.3 is 39.9 Å². The second-order valence-corrected chi connectivity index (χ2v) is 19.8. The number of hydrogen-bond acceptors (Lipinski definition) is 12. The number of phosphoric ester groups is 1. The predicted molar refractivity (Wildman–Crippen MR) is 267 cm³/mol. The van der Waals surface area contributed by atoms with Crippen LogP contribution in [-0.2, 0) is 32.7 Å². The molecule has 0 aliphatic heterocycles. The van der Waals surface area contributed by atoms with Crippen LogP contribution in [0.4, 0.5) is 0 Å². The molecular weight excluding hydrogens is 876 g/mol. The Morgan fingerprint density at radius 1 is 0.463 bits per heavy atom. The van der Waals surface area contributed by atoms with Crippen molar-refractivity contribution >= 4 is 19.8 Å². The molecule has 67 heavy (non-hydrogen) atoms. The van der Waals surface area contributed by atoms with Crippen LogP contribution in [0.2, 0.25) is 0 Å². The van der Waals surface area contributed by atoms with Gasteiger partial charge >= 0.3 is 19.8 Å². The fraction of sp³-hybridized carbons (Fsp3) is 0.811. The van der Waals surface area contributed by atoms with Crippen molar-refractivity contribution in [1.82, 2.24) is 0 Å². The van der Waals surface area contributed by atoms with E-state index >= 15 is 0 Å². The number of ether oxygens (including phenoxy) is 2. The van der Waals surface area contributed by atoms with Crippen LogP contribution >= 0.6 is 7.82 Å². The molecule has 13 nitrogen and oxygen atoms in total. The second-order valence-electron chi connectivity index (χ2n) is 18.4. The molecular formula is C53H95O13P. The van der Waals surface area contributed by atoms with Crippen LogP contribution in [0.25, 0.3) is 0 Å². The van der Waals surface area contributed by atoms with E-state index < -0.39 is 75.7 Å². The van der Waals surface area contributed by atoms with Gasteiger partial charge in [-0.15, -0.1) is 0 Å². The zero-order valence-electron chi connectivity index (χ0n) is 41.7. The van der Waals surface area contributed by atoms with Gasteiger partial charge in [0.1, 0.15) is 43.2 Å². The van der Waals surface area contributed by atoms with E-state index in [-0.39, 0.29) is 12.8 Å². The molecule has 14 heteroatoms. The van der Waals surface area contributed by atoms with Crippen molar-refractivity contribution in [1.29, 1.82) is 0 Å². The summed E-state index contributed by atoms with van der Waals surface area (Å²) in [6.45, 7) is 3.24. The normalized spacial score (nSPS) is 21.5. The highest BCUT2D eigenvalue weighted by molar-refractivity contribution is 7.47. The van der Waals surface area contributed by atoms with Crippen LogP contribution in [0.15, 0.2) is 48.6 Å². The first kappa shape index (κ1) is 62.8. The largest absolute Gasteiger partial charge is 0.472 e. The van der Waals surface area contributed by atoms with E-state index in [1.807, 2.05) is 6.08 Å². The molecule has 1 aliphatic carbocycles. The van der Waals surface area contributed by atoms with Crippen molar-refractivity contribution in [2.24, 2.45) is 0 Å². The molecule has 0 heterocycles. The molecule has 1 saturated carbocycles. The summed E-state index contributed by atoms with van der Waals surface area (Å²) in [6, 6.07) is 0. The van der Waals surface area contributed by atoms with E-state index in [9.17, 15) is 44.6 Å². The Morgan fingerprint density at radius 2 is 0.821 bits per heavy atom. The first-order valence-corrected chi connectivity index (χ1v) is 27.9. The lowest BCUT2D eigenvalue weighted by Crippen LogP contribution is -2.64. The summed E-state index contributed by atoms with van der Waals surface area (Å²) in [5.41, 5.74) is 0. The third-order valence-corrected chi connectivity index (χ3v) is 13.1. The Kier molecular flexibility index (Phi) is 40.0. The third kappa shape index (κ3) is 34.7. The highest BCUT2D eigenvalue weighted by Gasteiger charge is 2.51. The molecule has 6 unspecified atom stereocenters. The average Bonchev–Trinajstić information content (AvgIpc) is 3.31. The van der Waals surface area contributed by atoms with Gasteiger partial charge in [-0.2, -0.15) is 0 Å². The Hall–Kier alpha value is -2.19. The van der Waals surface area contributed by atoms with Crippen molar-refractivity contribution < 1.29 is 63.1 Å². The number of aliphatic hydroxyl groups is 5. The fourth-order valence-corrected chi connectivity index (χ4v) is 8.86. The maximum Gasteiger partial charge on any atom is 0.472 e. The van der Waals surface area contributed by atoms with Crippen LogP contribution in [-0.4, -0.2) is 98.3 Å². The van der Waals surface area contributed by atoms with Crippen molar-refractivity contribution in [3.63, 3.8) is 0 Å². The van der Waals surface area contributed by atoms with Crippen LogP contribution in [0.1, 0.15) is 219 Å². The van der Waals surface area contributed by atoms with Gasteiger partial charge in [-0.05, 0) is 70.6 Å². The van der Waals surface area contributed by atoms with Gasteiger partial charge in [-0.25, -0.2) is 4.57 Å². The van der Waals surface area contributed by atoms with Crippen LogP contribution in [0.5, 0.6) is 0 Å². The number of esters is 2. The van der Waals surface area contributed by atoms with Crippen LogP contribution < -0.4 is 0 Å². The lowest BCUT2D eigenvalue weighted by Gasteiger charge is -2.41. The van der Waals surface area contributed by atoms with Crippen LogP contribution in [0, 0.1) is 0 Å². The minimum absolute atomic E-state index is 0.0410. The highest BCUT2D eigenvalue weighted by atomic mass is 31.2. The zero-order valence-corrected chi connectivity index (χ0v) is 42.6. The number of rotatable bonds is 44. The number of allylic oxidation sites excluding steroid dienone is 8. The molecule has 1 aliphatic rings. The first-order valence-electron chi connectivity index (χ1n) is 26.4. The Balaban J connectivity index is 2.40. The Labute approximate surface area is 405 Å². The van der Waals surface area contributed by atoms with E-state index in [0.29, 0.717) is 19.3 Å². The number of hydrogen-bond donors (Lipinski definition) is 6. The van der Waals surface area contributed by atoms with E-state index in [2.05, 4.69) is 56.4 Å². The standard InChI is InChI=1S/C53H95O13P/c1-3-5-7-9-11-13-15-17-19-20-21-22-23-24-25-26-28-30-32-34-36-38-40-42-47(55)65-45(44-64-67(61,62)66-53-51(59)49(57)48(56)50(58)52(53)60)43-63-46(54)41-39-37-35-33-31-29-27-18-16-14-12-10-8-6-4-2/h12,14,18,27,31,33-34,36,45,48-53,56-60H,3-11,13,15-17,19-26,28-30,32,35,37-44H2,1-2H3,(H,61,62)/b14-12+,27-18+,33-31+,36-34+/t45-,48?,49-,50?,51?,52?,53?/m1/s1. The lowest BCUT2D eigenvalue weighted by molar-refractivity contribution is -0.220. The van der Waals surface area contributed by atoms with E-state index in [4.69, 9.17) is 18.5 Å². The highest BCUT2D eigenvalue weighted by Crippen LogP contribution is 2.47. The van der Waals surface area contributed by atoms with Crippen molar-refractivity contribution in [3.8, 4) is 0 Å². The van der Waals surface area contributed by atoms with Gasteiger partial charge in [0, 0.05) is 12.8 Å². The molecule has 6 N–H and O–H groups in total. The molecule has 0 bridgehead atoms. The molecule has 0 radical (unpaired) electrons. The lowest BCUT2D eigenvalue weighted by atomic mass is 9.85. The SMILES string of the molecule is CCCCC/C=C/C/C=C/C/C=C/CCCCC(=O)OC[C@H](COP(=O)(O)OC1C(O)C(O)C(O)[C@@H](O)C1O)OC(=O)CCC/C=C/CCCCCCCCCCCCCCCCCCCC. The average molecular weight is 971 g/mol. The molecule has 0 saturated heterocycles. The molecule has 1 rings (SSSR count). The minimum Gasteiger partial charge on any atom is -0.462 e. The van der Waals surface area contributed by atoms with Gasteiger partial charge in [-0.1, -0.05) is 184 Å². The summed E-state index contributed by atoms with van der Waals surface area (Å²) >= 11 is 0. The van der Waals surface area contributed by atoms with Gasteiger partial charge in [0.2, 0.25) is 0 Å². The smallest absolute Gasteiger partial charge is 0.462 e. The number of aliphatic hydroxyl groups excluding tert-OH is 5. The van der Waals surface area contributed by atoms with Gasteiger partial charge in [0.25, 0.3) is 0 Å². The van der Waals surface area contributed by atoms with Crippen molar-refractivity contribution in [3.05, 3.63) is 48.6 Å². The van der Waals surface area contributed by atoms with E-state index in [1.54, 1.807) is 0 Å². The topological polar surface area (TPSA) is 210 Å². The van der Waals surface area contributed by atoms with Gasteiger partial charge in [0.05, 0.1) is 6.61 Å². The zero-order chi connectivity index (χ0) is 49.2. The maximum absolute atomic E-state index is 12.8. The van der Waals surface area contributed by atoms with Crippen LogP contribution in [0.3, 0.4) is 0 Å². The number of carbonyl (C=O) groups is 2. The summed E-state index contributed by atoms with van der Waals surface area (Å²) in [4.78, 5) is 35.8. The quantitative estimate of drug-likeness (QED) is 0.0145. The first-order chi connectivity index (χ1) is 32.4. The summed E-state index contributed by atoms with van der Waals surface area (Å²) in [5.74, 6) is -1.18. The molecule has 0 aromatic heterocycles. The summed E-state index contributed by atoms with van der Waals surface area (Å²) in [5, 5.41) is 50.3. The van der Waals surface area contributed by atoms with Gasteiger partial charge in [-0.3, -0.25) is 18.6 Å². The van der Waals surface area contributed by atoms with E-state index in [0.717, 1.165) is 44.9 Å². The molecule has 0 aromatic rings. The number of unbranched alkanes of at least 4 members (excludes halogenated alkanes) is 24. The number of phosphoric acid groups is 1. The minimum atomic E-state index is -5.14. The molecule has 390 valence electrons. The van der Waals surface area contributed by atoms with Crippen molar-refractivity contribution in [2.75, 3.05) is 13.2 Å². The van der Waals surface area contributed by atoms with E-state index in [1.165, 1.54) is 128 Å². The molecule has 1 fully saturated rings. The fourth-order valence-electron chi connectivity index (χ4n) is 7.89. The van der Waals surface area contributed by atoms with Crippen molar-refractivity contribution in [2.45, 2.75) is 262 Å². The van der Waals surface area contributed by atoms with Gasteiger partial charge in [0.15, 0.2) is 6.10 Å². The Morgan fingerprint density at radius 3 is 1.31 bits per heavy atom. The Bertz CT molecular complexity index is 1350. The molecule has 0 amide bonds. The summed E-state index contributed by atoms with van der Waals surface area (Å²) in [7, 11) is -5.14. The second kappa shape index (κ2) is 42.7. The molecule has 8 atom stereocenters. The third-order valence-electron chi connectivity index (χ3n) is 12.1. The maximum atomic E-state index is 12.8. The summed E-state index contributed by atoms with van der Waals surface area (Å²) in [6.07, 6.45) is 39.0. The monoisotopic (exact) mass is 971 g/mol. The summed E-state index contributed by atoms with van der Waals surface area (Å²) < 4.78 is 33.6.